The lowest BCUT2D eigenvalue weighted by Crippen LogP contribution is -2.38. The van der Waals surface area contributed by atoms with Crippen LogP contribution in [0.4, 0.5) is 0 Å². The van der Waals surface area contributed by atoms with Gasteiger partial charge in [0, 0.05) is 19.2 Å². The maximum absolute atomic E-state index is 12.5. The molecule has 0 aliphatic carbocycles. The van der Waals surface area contributed by atoms with E-state index in [-0.39, 0.29) is 11.9 Å². The number of carbonyl (C=O) groups excluding carboxylic acids is 1. The minimum atomic E-state index is 0.140. The average Bonchev–Trinajstić information content (AvgIpc) is 2.98. The molecule has 1 aromatic carbocycles. The molecule has 1 heterocycles. The van der Waals surface area contributed by atoms with Crippen molar-refractivity contribution in [3.63, 3.8) is 0 Å². The number of nitrogens with zero attached hydrogens (tertiary/aromatic N) is 1. The highest BCUT2D eigenvalue weighted by Gasteiger charge is 2.29. The number of hydrogen-bond donors (Lipinski definition) is 0. The lowest BCUT2D eigenvalue weighted by molar-refractivity contribution is 0.0630. The Morgan fingerprint density at radius 2 is 1.68 bits per heavy atom. The smallest absolute Gasteiger partial charge is 0.254 e. The van der Waals surface area contributed by atoms with Crippen LogP contribution in [-0.4, -0.2) is 37.1 Å². The van der Waals surface area contributed by atoms with Crippen LogP contribution in [0.1, 0.15) is 62.0 Å². The minimum Gasteiger partial charge on any atom is -0.383 e. The summed E-state index contributed by atoms with van der Waals surface area (Å²) in [6, 6.07) is 6.27. The fourth-order valence-electron chi connectivity index (χ4n) is 2.73. The lowest BCUT2D eigenvalue weighted by atomic mass is 10.1. The fourth-order valence-corrected chi connectivity index (χ4v) is 2.73. The molecule has 1 atom stereocenters. The van der Waals surface area contributed by atoms with Gasteiger partial charge in [-0.05, 0) is 38.8 Å². The van der Waals surface area contributed by atoms with Crippen molar-refractivity contribution in [2.45, 2.75) is 60.4 Å². The molecule has 1 aliphatic heterocycles. The Kier molecular flexibility index (Phi) is 10.6. The fraction of sp³-hybridized carbons (Fsp3) is 0.632. The number of aryl methyl sites for hydroxylation is 2. The first-order valence-corrected chi connectivity index (χ1v) is 8.50. The number of hydrogen-bond acceptors (Lipinski definition) is 2. The summed E-state index contributed by atoms with van der Waals surface area (Å²) in [5.41, 5.74) is 3.08. The molecule has 0 unspecified atom stereocenters. The molecular formula is C19H33NO2. The van der Waals surface area contributed by atoms with Gasteiger partial charge < -0.3 is 9.64 Å². The van der Waals surface area contributed by atoms with Gasteiger partial charge in [0.1, 0.15) is 0 Å². The van der Waals surface area contributed by atoms with Crippen LogP contribution < -0.4 is 0 Å². The van der Waals surface area contributed by atoms with Crippen LogP contribution in [0.15, 0.2) is 18.2 Å². The average molecular weight is 307 g/mol. The van der Waals surface area contributed by atoms with Gasteiger partial charge in [0.15, 0.2) is 0 Å². The van der Waals surface area contributed by atoms with Crippen LogP contribution >= 0.6 is 0 Å². The Bertz CT molecular complexity index is 423. The molecule has 2 rings (SSSR count). The normalized spacial score (nSPS) is 16.3. The summed E-state index contributed by atoms with van der Waals surface area (Å²) < 4.78 is 5.20. The maximum Gasteiger partial charge on any atom is 0.254 e. The van der Waals surface area contributed by atoms with Crippen molar-refractivity contribution < 1.29 is 9.53 Å². The second-order valence-electron chi connectivity index (χ2n) is 5.13. The van der Waals surface area contributed by atoms with Crippen molar-refractivity contribution in [1.29, 1.82) is 0 Å². The third-order valence-corrected chi connectivity index (χ3v) is 3.47. The molecule has 1 aliphatic rings. The quantitative estimate of drug-likeness (QED) is 0.816. The predicted octanol–water partition coefficient (Wildman–Crippen LogP) is 4.61. The molecule has 3 nitrogen and oxygen atoms in total. The summed E-state index contributed by atoms with van der Waals surface area (Å²) in [6.45, 7) is 13.5. The molecule has 22 heavy (non-hydrogen) atoms. The Balaban J connectivity index is 0.00000102. The van der Waals surface area contributed by atoms with Crippen LogP contribution in [0.5, 0.6) is 0 Å². The maximum atomic E-state index is 12.5. The van der Waals surface area contributed by atoms with Crippen molar-refractivity contribution in [1.82, 2.24) is 4.90 Å². The van der Waals surface area contributed by atoms with Crippen molar-refractivity contribution in [2.75, 3.05) is 20.3 Å². The molecule has 0 aromatic heterocycles. The number of ether oxygens (including phenoxy) is 1. The first-order chi connectivity index (χ1) is 10.6. The van der Waals surface area contributed by atoms with Gasteiger partial charge in [-0.15, -0.1) is 0 Å². The summed E-state index contributed by atoms with van der Waals surface area (Å²) in [7, 11) is 1.69. The molecule has 1 aromatic rings. The number of methoxy groups -OCH3 is 1. The van der Waals surface area contributed by atoms with Crippen molar-refractivity contribution in [2.24, 2.45) is 0 Å². The number of likely N-dealkylation sites (tertiary alicyclic amines) is 1. The van der Waals surface area contributed by atoms with Gasteiger partial charge in [0.25, 0.3) is 5.91 Å². The summed E-state index contributed by atoms with van der Waals surface area (Å²) >= 11 is 0. The summed E-state index contributed by atoms with van der Waals surface area (Å²) in [4.78, 5) is 14.5. The van der Waals surface area contributed by atoms with Crippen molar-refractivity contribution in [3.05, 3.63) is 34.9 Å². The Morgan fingerprint density at radius 1 is 1.14 bits per heavy atom. The highest BCUT2D eigenvalue weighted by atomic mass is 16.5. The Hall–Kier alpha value is -1.35. The van der Waals surface area contributed by atoms with Crippen LogP contribution in [0.2, 0.25) is 0 Å². The highest BCUT2D eigenvalue weighted by Crippen LogP contribution is 2.21. The van der Waals surface area contributed by atoms with E-state index in [4.69, 9.17) is 4.74 Å². The zero-order valence-corrected chi connectivity index (χ0v) is 15.4. The second kappa shape index (κ2) is 11.2. The van der Waals surface area contributed by atoms with E-state index in [1.165, 1.54) is 0 Å². The van der Waals surface area contributed by atoms with E-state index >= 15 is 0 Å². The van der Waals surface area contributed by atoms with Crippen molar-refractivity contribution >= 4 is 5.91 Å². The second-order valence-corrected chi connectivity index (χ2v) is 5.13. The van der Waals surface area contributed by atoms with E-state index in [0.717, 1.165) is 36.1 Å². The van der Waals surface area contributed by atoms with Crippen LogP contribution in [-0.2, 0) is 4.74 Å². The predicted molar refractivity (Wildman–Crippen MR) is 94.5 cm³/mol. The monoisotopic (exact) mass is 307 g/mol. The molecule has 0 bridgehead atoms. The molecule has 1 fully saturated rings. The van der Waals surface area contributed by atoms with Gasteiger partial charge in [0.05, 0.1) is 12.6 Å². The molecule has 126 valence electrons. The van der Waals surface area contributed by atoms with Gasteiger partial charge in [-0.25, -0.2) is 0 Å². The molecule has 1 saturated heterocycles. The van der Waals surface area contributed by atoms with E-state index in [2.05, 4.69) is 6.07 Å². The van der Waals surface area contributed by atoms with E-state index in [0.29, 0.717) is 6.61 Å². The molecular weight excluding hydrogens is 274 g/mol. The van der Waals surface area contributed by atoms with Gasteiger partial charge in [-0.1, -0.05) is 44.9 Å². The molecule has 0 radical (unpaired) electrons. The number of amides is 1. The number of benzene rings is 1. The van der Waals surface area contributed by atoms with E-state index < -0.39 is 0 Å². The van der Waals surface area contributed by atoms with Gasteiger partial charge >= 0.3 is 0 Å². The van der Waals surface area contributed by atoms with Gasteiger partial charge in [-0.2, -0.15) is 0 Å². The standard InChI is InChI=1S/C15H21NO2.2C2H6/c1-11-7-12(2)9-13(8-11)15(17)16-6-4-5-14(16)10-18-3;2*1-2/h7-9,14H,4-6,10H2,1-3H3;2*1-2H3/t14-;;/m1../s1. The zero-order chi connectivity index (χ0) is 17.1. The summed E-state index contributed by atoms with van der Waals surface area (Å²) in [5, 5.41) is 0. The first kappa shape index (κ1) is 20.6. The van der Waals surface area contributed by atoms with Crippen LogP contribution in [0, 0.1) is 13.8 Å². The van der Waals surface area contributed by atoms with Crippen LogP contribution in [0.3, 0.4) is 0 Å². The first-order valence-electron chi connectivity index (χ1n) is 8.50. The Labute approximate surface area is 136 Å². The van der Waals surface area contributed by atoms with E-state index in [1.807, 2.05) is 58.6 Å². The summed E-state index contributed by atoms with van der Waals surface area (Å²) in [6.07, 6.45) is 2.12. The number of carbonyl (C=O) groups is 1. The third-order valence-electron chi connectivity index (χ3n) is 3.47. The van der Waals surface area contributed by atoms with Crippen molar-refractivity contribution in [3.8, 4) is 0 Å². The molecule has 0 N–H and O–H groups in total. The molecule has 0 saturated carbocycles. The number of rotatable bonds is 3. The third kappa shape index (κ3) is 5.80. The topological polar surface area (TPSA) is 29.5 Å². The van der Waals surface area contributed by atoms with E-state index in [1.54, 1.807) is 7.11 Å². The highest BCUT2D eigenvalue weighted by molar-refractivity contribution is 5.95. The Morgan fingerprint density at radius 3 is 2.18 bits per heavy atom. The SMILES string of the molecule is CC.CC.COC[C@H]1CCCN1C(=O)c1cc(C)cc(C)c1. The van der Waals surface area contributed by atoms with Crippen LogP contribution in [0.25, 0.3) is 0 Å². The van der Waals surface area contributed by atoms with E-state index in [9.17, 15) is 4.79 Å². The minimum absolute atomic E-state index is 0.140. The largest absolute Gasteiger partial charge is 0.383 e. The lowest BCUT2D eigenvalue weighted by Gasteiger charge is -2.24. The molecule has 1 amide bonds. The van der Waals surface area contributed by atoms with Gasteiger partial charge in [0.2, 0.25) is 0 Å². The summed E-state index contributed by atoms with van der Waals surface area (Å²) in [5.74, 6) is 0.140. The zero-order valence-electron chi connectivity index (χ0n) is 15.4. The molecule has 3 heteroatoms. The molecule has 0 spiro atoms. The van der Waals surface area contributed by atoms with Gasteiger partial charge in [-0.3, -0.25) is 4.79 Å².